The lowest BCUT2D eigenvalue weighted by Gasteiger charge is -2.18. The van der Waals surface area contributed by atoms with Gasteiger partial charge in [0.25, 0.3) is 0 Å². The van der Waals surface area contributed by atoms with Gasteiger partial charge in [0.2, 0.25) is 5.95 Å². The van der Waals surface area contributed by atoms with E-state index in [2.05, 4.69) is 10.3 Å². The molecule has 0 aliphatic carbocycles. The Morgan fingerprint density at radius 1 is 0.833 bits per heavy atom. The number of benzene rings is 4. The van der Waals surface area contributed by atoms with Gasteiger partial charge in [0.15, 0.2) is 0 Å². The number of nitrogens with two attached hydrogens (primary N) is 2. The first-order chi connectivity index (χ1) is 17.3. The number of hydrogen-bond acceptors (Lipinski definition) is 4. The van der Waals surface area contributed by atoms with Crippen molar-refractivity contribution >= 4 is 28.4 Å². The van der Waals surface area contributed by atoms with Crippen molar-refractivity contribution in [3.05, 3.63) is 107 Å². The zero-order valence-corrected chi connectivity index (χ0v) is 20.1. The zero-order chi connectivity index (χ0) is 25.4. The van der Waals surface area contributed by atoms with Crippen LogP contribution >= 0.6 is 0 Å². The van der Waals surface area contributed by atoms with Gasteiger partial charge < -0.3 is 21.4 Å². The molecule has 0 amide bonds. The number of halogens is 2. The van der Waals surface area contributed by atoms with Crippen molar-refractivity contribution in [3.8, 4) is 11.1 Å². The molecule has 0 fully saturated rings. The van der Waals surface area contributed by atoms with Gasteiger partial charge in [-0.15, -0.1) is 0 Å². The predicted octanol–water partition coefficient (Wildman–Crippen LogP) is 6.42. The van der Waals surface area contributed by atoms with Crippen LogP contribution in [-0.4, -0.2) is 9.55 Å². The lowest BCUT2D eigenvalue weighted by Crippen LogP contribution is -2.08. The second kappa shape index (κ2) is 9.34. The van der Waals surface area contributed by atoms with Crippen LogP contribution in [-0.2, 0) is 13.1 Å². The minimum atomic E-state index is -0.378. The van der Waals surface area contributed by atoms with Crippen molar-refractivity contribution in [3.63, 3.8) is 0 Å². The molecule has 4 aromatic carbocycles. The maximum atomic E-state index is 14.7. The summed E-state index contributed by atoms with van der Waals surface area (Å²) in [6.07, 6.45) is 0. The van der Waals surface area contributed by atoms with Crippen molar-refractivity contribution in [1.82, 2.24) is 9.55 Å². The Balaban J connectivity index is 1.51. The van der Waals surface area contributed by atoms with Gasteiger partial charge in [-0.1, -0.05) is 42.5 Å². The smallest absolute Gasteiger partial charge is 0.201 e. The number of fused-ring (bicyclic) bond motifs is 1. The number of nitrogens with zero attached hydrogens (tertiary/aromatic N) is 2. The van der Waals surface area contributed by atoms with E-state index in [0.29, 0.717) is 47.0 Å². The first-order valence-corrected chi connectivity index (χ1v) is 11.7. The molecule has 1 heterocycles. The van der Waals surface area contributed by atoms with Gasteiger partial charge in [-0.25, -0.2) is 13.8 Å². The minimum Gasteiger partial charge on any atom is -0.397 e. The second-order valence-electron chi connectivity index (χ2n) is 8.97. The van der Waals surface area contributed by atoms with Gasteiger partial charge in [-0.2, -0.15) is 0 Å². The van der Waals surface area contributed by atoms with Crippen molar-refractivity contribution in [2.75, 3.05) is 16.8 Å². The fraction of sp³-hybridized carbons (Fsp3) is 0.138. The summed E-state index contributed by atoms with van der Waals surface area (Å²) >= 11 is 0. The van der Waals surface area contributed by atoms with E-state index in [1.807, 2.05) is 56.3 Å². The topological polar surface area (TPSA) is 81.9 Å². The highest BCUT2D eigenvalue weighted by molar-refractivity contribution is 5.87. The van der Waals surface area contributed by atoms with Crippen LogP contribution in [0.25, 0.3) is 22.2 Å². The quantitative estimate of drug-likeness (QED) is 0.243. The van der Waals surface area contributed by atoms with Crippen molar-refractivity contribution in [2.45, 2.75) is 26.9 Å². The largest absolute Gasteiger partial charge is 0.397 e. The van der Waals surface area contributed by atoms with Crippen LogP contribution < -0.4 is 16.8 Å². The molecule has 1 aromatic heterocycles. The number of nitrogens with one attached hydrogen (secondary N) is 1. The molecule has 0 aliphatic rings. The van der Waals surface area contributed by atoms with Crippen LogP contribution in [0.4, 0.5) is 26.1 Å². The molecule has 36 heavy (non-hydrogen) atoms. The molecule has 5 rings (SSSR count). The van der Waals surface area contributed by atoms with Crippen molar-refractivity contribution in [2.24, 2.45) is 0 Å². The summed E-state index contributed by atoms with van der Waals surface area (Å²) in [5, 5.41) is 3.29. The third kappa shape index (κ3) is 4.35. The first-order valence-electron chi connectivity index (χ1n) is 11.7. The Hall–Kier alpha value is -4.39. The molecular formula is C29H27F2N5. The monoisotopic (exact) mass is 483 g/mol. The molecule has 5 aromatic rings. The van der Waals surface area contributed by atoms with E-state index in [9.17, 15) is 8.78 Å². The third-order valence-electron chi connectivity index (χ3n) is 6.68. The SMILES string of the molecule is Cc1ccccc1CNc1cc(F)cc(-c2cccc(Cn3c(N)nc4ccc(F)cc43)c2C)c1N. The summed E-state index contributed by atoms with van der Waals surface area (Å²) in [4.78, 5) is 4.35. The standard InChI is InChI=1S/C29H27F2N5/c1-17-6-3-4-7-19(17)15-34-26-13-22(31)12-24(28(26)32)23-9-5-8-20(18(23)2)16-36-27-14-21(30)10-11-25(27)35-29(36)33/h3-14,34H,15-16,32H2,1-2H3,(H2,33,35). The minimum absolute atomic E-state index is 0.299. The van der Waals surface area contributed by atoms with E-state index in [1.165, 1.54) is 24.3 Å². The maximum Gasteiger partial charge on any atom is 0.201 e. The Morgan fingerprint density at radius 3 is 2.42 bits per heavy atom. The lowest BCUT2D eigenvalue weighted by molar-refractivity contribution is 0.628. The number of anilines is 3. The number of hydrogen-bond donors (Lipinski definition) is 3. The lowest BCUT2D eigenvalue weighted by atomic mass is 9.94. The normalized spacial score (nSPS) is 11.2. The number of aryl methyl sites for hydroxylation is 1. The highest BCUT2D eigenvalue weighted by Gasteiger charge is 2.16. The molecule has 0 aliphatic heterocycles. The number of nitrogen functional groups attached to an aromatic ring is 2. The summed E-state index contributed by atoms with van der Waals surface area (Å²) in [7, 11) is 0. The second-order valence-corrected chi connectivity index (χ2v) is 8.97. The molecule has 182 valence electrons. The fourth-order valence-corrected chi connectivity index (χ4v) is 4.58. The predicted molar refractivity (Wildman–Crippen MR) is 143 cm³/mol. The van der Waals surface area contributed by atoms with E-state index in [1.54, 1.807) is 10.6 Å². The molecule has 0 atom stereocenters. The average molecular weight is 484 g/mol. The Kier molecular flexibility index (Phi) is 6.06. The molecule has 7 heteroatoms. The summed E-state index contributed by atoms with van der Waals surface area (Å²) in [5.41, 5.74) is 20.5. The number of aromatic nitrogens is 2. The third-order valence-corrected chi connectivity index (χ3v) is 6.68. The molecule has 0 saturated carbocycles. The average Bonchev–Trinajstić information content (AvgIpc) is 3.16. The summed E-state index contributed by atoms with van der Waals surface area (Å²) in [6, 6.07) is 21.1. The number of rotatable bonds is 6. The molecule has 0 spiro atoms. The van der Waals surface area contributed by atoms with E-state index in [4.69, 9.17) is 11.5 Å². The van der Waals surface area contributed by atoms with Gasteiger partial charge in [-0.05, 0) is 72.0 Å². The van der Waals surface area contributed by atoms with Crippen LogP contribution in [0.5, 0.6) is 0 Å². The van der Waals surface area contributed by atoms with Gasteiger partial charge in [0.05, 0.1) is 29.0 Å². The highest BCUT2D eigenvalue weighted by atomic mass is 19.1. The van der Waals surface area contributed by atoms with Gasteiger partial charge >= 0.3 is 0 Å². The van der Waals surface area contributed by atoms with Gasteiger partial charge in [-0.3, -0.25) is 0 Å². The maximum absolute atomic E-state index is 14.7. The molecule has 0 saturated heterocycles. The summed E-state index contributed by atoms with van der Waals surface area (Å²) in [6.45, 7) is 4.92. The van der Waals surface area contributed by atoms with Gasteiger partial charge in [0.1, 0.15) is 11.6 Å². The number of imidazole rings is 1. The first kappa shape index (κ1) is 23.4. The van der Waals surface area contributed by atoms with Crippen LogP contribution in [0.15, 0.2) is 72.8 Å². The van der Waals surface area contributed by atoms with Crippen molar-refractivity contribution in [1.29, 1.82) is 0 Å². The zero-order valence-electron chi connectivity index (χ0n) is 20.1. The van der Waals surface area contributed by atoms with Crippen LogP contribution in [0.3, 0.4) is 0 Å². The molecule has 0 unspecified atom stereocenters. The molecule has 0 radical (unpaired) electrons. The molecule has 5 N–H and O–H groups in total. The van der Waals surface area contributed by atoms with Crippen LogP contribution in [0, 0.1) is 25.5 Å². The molecular weight excluding hydrogens is 456 g/mol. The van der Waals surface area contributed by atoms with E-state index >= 15 is 0 Å². The van der Waals surface area contributed by atoms with E-state index in [0.717, 1.165) is 27.8 Å². The Morgan fingerprint density at radius 2 is 1.61 bits per heavy atom. The van der Waals surface area contributed by atoms with E-state index in [-0.39, 0.29) is 11.6 Å². The van der Waals surface area contributed by atoms with Gasteiger partial charge in [0, 0.05) is 12.1 Å². The highest BCUT2D eigenvalue weighted by Crippen LogP contribution is 2.36. The van der Waals surface area contributed by atoms with Crippen LogP contribution in [0.1, 0.15) is 22.3 Å². The Bertz CT molecular complexity index is 1590. The van der Waals surface area contributed by atoms with Crippen LogP contribution in [0.2, 0.25) is 0 Å². The fourth-order valence-electron chi connectivity index (χ4n) is 4.58. The van der Waals surface area contributed by atoms with Crippen molar-refractivity contribution < 1.29 is 8.78 Å². The molecule has 5 nitrogen and oxygen atoms in total. The summed E-state index contributed by atoms with van der Waals surface area (Å²) < 4.78 is 30.4. The summed E-state index contributed by atoms with van der Waals surface area (Å²) in [5.74, 6) is -0.433. The van der Waals surface area contributed by atoms with E-state index < -0.39 is 0 Å². The molecule has 0 bridgehead atoms. The Labute approximate surface area is 208 Å².